The van der Waals surface area contributed by atoms with E-state index in [0.29, 0.717) is 30.2 Å². The van der Waals surface area contributed by atoms with Crippen molar-refractivity contribution in [1.82, 2.24) is 15.1 Å². The van der Waals surface area contributed by atoms with Crippen LogP contribution in [0.2, 0.25) is 0 Å². The molecule has 0 aromatic carbocycles. The van der Waals surface area contributed by atoms with Gasteiger partial charge in [0.25, 0.3) is 5.91 Å². The molecule has 6 nitrogen and oxygen atoms in total. The van der Waals surface area contributed by atoms with E-state index < -0.39 is 0 Å². The molecular weight excluding hydrogens is 220 g/mol. The third kappa shape index (κ3) is 3.45. The van der Waals surface area contributed by atoms with Crippen molar-refractivity contribution in [3.05, 3.63) is 11.4 Å². The summed E-state index contributed by atoms with van der Waals surface area (Å²) in [5.74, 6) is -0.178. The number of unbranched alkanes of at least 4 members (excludes halogenated alkanes) is 1. The van der Waals surface area contributed by atoms with Crippen LogP contribution in [-0.2, 0) is 11.8 Å². The van der Waals surface area contributed by atoms with Crippen LogP contribution in [0.15, 0.2) is 0 Å². The van der Waals surface area contributed by atoms with Crippen molar-refractivity contribution < 1.29 is 9.53 Å². The predicted molar refractivity (Wildman–Crippen MR) is 65.8 cm³/mol. The van der Waals surface area contributed by atoms with E-state index in [0.717, 1.165) is 12.8 Å². The van der Waals surface area contributed by atoms with Crippen molar-refractivity contribution in [2.75, 3.05) is 26.0 Å². The van der Waals surface area contributed by atoms with Crippen molar-refractivity contribution in [3.8, 4) is 0 Å². The van der Waals surface area contributed by atoms with Gasteiger partial charge < -0.3 is 15.8 Å². The predicted octanol–water partition coefficient (Wildman–Crippen LogP) is 0.467. The molecule has 3 N–H and O–H groups in total. The lowest BCUT2D eigenvalue weighted by Crippen LogP contribution is -2.27. The molecule has 0 spiro atoms. The number of methoxy groups -OCH3 is 1. The molecule has 1 amide bonds. The van der Waals surface area contributed by atoms with E-state index in [4.69, 9.17) is 10.5 Å². The van der Waals surface area contributed by atoms with E-state index in [1.807, 2.05) is 0 Å². The lowest BCUT2D eigenvalue weighted by atomic mass is 10.2. The van der Waals surface area contributed by atoms with Gasteiger partial charge >= 0.3 is 0 Å². The van der Waals surface area contributed by atoms with Gasteiger partial charge in [-0.15, -0.1) is 0 Å². The highest BCUT2D eigenvalue weighted by molar-refractivity contribution is 5.97. The molecule has 0 bridgehead atoms. The van der Waals surface area contributed by atoms with Gasteiger partial charge in [0.1, 0.15) is 5.69 Å². The number of hydrogen-bond acceptors (Lipinski definition) is 4. The first-order valence-corrected chi connectivity index (χ1v) is 5.64. The van der Waals surface area contributed by atoms with Gasteiger partial charge in [-0.3, -0.25) is 9.48 Å². The van der Waals surface area contributed by atoms with E-state index in [1.54, 1.807) is 21.1 Å². The van der Waals surface area contributed by atoms with Gasteiger partial charge in [0.05, 0.1) is 11.4 Å². The Kier molecular flexibility index (Phi) is 4.96. The standard InChI is InChI=1S/C11H20N4O2/c1-8-9(12)10(15(2)14-8)11(16)13-6-4-5-7-17-3/h4-7,12H2,1-3H3,(H,13,16). The van der Waals surface area contributed by atoms with Crippen molar-refractivity contribution >= 4 is 11.6 Å². The molecule has 0 saturated heterocycles. The maximum Gasteiger partial charge on any atom is 0.271 e. The van der Waals surface area contributed by atoms with Crippen molar-refractivity contribution in [2.45, 2.75) is 19.8 Å². The molecule has 0 unspecified atom stereocenters. The van der Waals surface area contributed by atoms with Gasteiger partial charge in [0, 0.05) is 27.3 Å². The average molecular weight is 240 g/mol. The highest BCUT2D eigenvalue weighted by Crippen LogP contribution is 2.14. The minimum absolute atomic E-state index is 0.178. The zero-order valence-corrected chi connectivity index (χ0v) is 10.6. The number of anilines is 1. The fraction of sp³-hybridized carbons (Fsp3) is 0.636. The van der Waals surface area contributed by atoms with Crippen LogP contribution in [0.3, 0.4) is 0 Å². The number of nitrogens with zero attached hydrogens (tertiary/aromatic N) is 2. The topological polar surface area (TPSA) is 82.2 Å². The van der Waals surface area contributed by atoms with E-state index in [2.05, 4.69) is 10.4 Å². The number of nitrogen functional groups attached to an aromatic ring is 1. The number of nitrogens with one attached hydrogen (secondary N) is 1. The molecule has 0 aliphatic rings. The van der Waals surface area contributed by atoms with Gasteiger partial charge in [-0.2, -0.15) is 5.10 Å². The largest absolute Gasteiger partial charge is 0.395 e. The van der Waals surface area contributed by atoms with Gasteiger partial charge in [0.15, 0.2) is 0 Å². The van der Waals surface area contributed by atoms with Crippen LogP contribution in [0.5, 0.6) is 0 Å². The molecule has 1 heterocycles. The van der Waals surface area contributed by atoms with Gasteiger partial charge in [-0.1, -0.05) is 0 Å². The maximum atomic E-state index is 11.8. The Bertz CT molecular complexity index is 387. The summed E-state index contributed by atoms with van der Waals surface area (Å²) in [4.78, 5) is 11.8. The monoisotopic (exact) mass is 240 g/mol. The number of carbonyl (C=O) groups excluding carboxylic acids is 1. The molecule has 96 valence electrons. The van der Waals surface area contributed by atoms with Crippen LogP contribution in [0.25, 0.3) is 0 Å². The summed E-state index contributed by atoms with van der Waals surface area (Å²) in [6.07, 6.45) is 1.81. The number of aromatic nitrogens is 2. The van der Waals surface area contributed by atoms with Crippen molar-refractivity contribution in [2.24, 2.45) is 7.05 Å². The SMILES string of the molecule is COCCCCNC(=O)c1c(N)c(C)nn1C. The van der Waals surface area contributed by atoms with E-state index in [1.165, 1.54) is 4.68 Å². The molecule has 17 heavy (non-hydrogen) atoms. The van der Waals surface area contributed by atoms with E-state index in [9.17, 15) is 4.79 Å². The van der Waals surface area contributed by atoms with Crippen molar-refractivity contribution in [1.29, 1.82) is 0 Å². The Morgan fingerprint density at radius 3 is 2.76 bits per heavy atom. The third-order valence-electron chi connectivity index (χ3n) is 2.54. The van der Waals surface area contributed by atoms with Crippen LogP contribution < -0.4 is 11.1 Å². The summed E-state index contributed by atoms with van der Waals surface area (Å²) in [5.41, 5.74) is 7.34. The number of nitrogens with two attached hydrogens (primary N) is 1. The lowest BCUT2D eigenvalue weighted by Gasteiger charge is -2.06. The molecule has 0 aliphatic heterocycles. The fourth-order valence-corrected chi connectivity index (χ4v) is 1.60. The van der Waals surface area contributed by atoms with Gasteiger partial charge in [0.2, 0.25) is 0 Å². The van der Waals surface area contributed by atoms with Crippen LogP contribution in [0.1, 0.15) is 29.0 Å². The lowest BCUT2D eigenvalue weighted by molar-refractivity contribution is 0.0943. The number of carbonyl (C=O) groups is 1. The van der Waals surface area contributed by atoms with Gasteiger partial charge in [-0.05, 0) is 19.8 Å². The second-order valence-corrected chi connectivity index (χ2v) is 3.93. The second kappa shape index (κ2) is 6.24. The Hall–Kier alpha value is -1.56. The Morgan fingerprint density at radius 2 is 2.24 bits per heavy atom. The highest BCUT2D eigenvalue weighted by Gasteiger charge is 2.16. The molecule has 0 aliphatic carbocycles. The number of hydrogen-bond donors (Lipinski definition) is 2. The van der Waals surface area contributed by atoms with Crippen LogP contribution in [-0.4, -0.2) is 35.9 Å². The van der Waals surface area contributed by atoms with Crippen LogP contribution >= 0.6 is 0 Å². The third-order valence-corrected chi connectivity index (χ3v) is 2.54. The summed E-state index contributed by atoms with van der Waals surface area (Å²) in [5, 5.41) is 6.92. The summed E-state index contributed by atoms with van der Waals surface area (Å²) >= 11 is 0. The minimum atomic E-state index is -0.178. The molecule has 6 heteroatoms. The smallest absolute Gasteiger partial charge is 0.271 e. The zero-order valence-electron chi connectivity index (χ0n) is 10.6. The second-order valence-electron chi connectivity index (χ2n) is 3.93. The van der Waals surface area contributed by atoms with Crippen molar-refractivity contribution in [3.63, 3.8) is 0 Å². The van der Waals surface area contributed by atoms with E-state index in [-0.39, 0.29) is 5.91 Å². The van der Waals surface area contributed by atoms with E-state index >= 15 is 0 Å². The molecule has 0 fully saturated rings. The van der Waals surface area contributed by atoms with Gasteiger partial charge in [-0.25, -0.2) is 0 Å². The maximum absolute atomic E-state index is 11.8. The molecule has 1 aromatic rings. The first-order valence-electron chi connectivity index (χ1n) is 5.64. The number of ether oxygens (including phenoxy) is 1. The number of amides is 1. The molecule has 0 atom stereocenters. The summed E-state index contributed by atoms with van der Waals surface area (Å²) in [6.45, 7) is 3.11. The summed E-state index contributed by atoms with van der Waals surface area (Å²) in [7, 11) is 3.38. The molecular formula is C11H20N4O2. The summed E-state index contributed by atoms with van der Waals surface area (Å²) in [6, 6.07) is 0. The molecule has 1 aromatic heterocycles. The molecule has 0 saturated carbocycles. The Morgan fingerprint density at radius 1 is 1.53 bits per heavy atom. The summed E-state index contributed by atoms with van der Waals surface area (Å²) < 4.78 is 6.44. The van der Waals surface area contributed by atoms with Crippen LogP contribution in [0.4, 0.5) is 5.69 Å². The van der Waals surface area contributed by atoms with Crippen LogP contribution in [0, 0.1) is 6.92 Å². The Balaban J connectivity index is 2.47. The minimum Gasteiger partial charge on any atom is -0.395 e. The normalized spacial score (nSPS) is 10.5. The highest BCUT2D eigenvalue weighted by atomic mass is 16.5. The fourth-order valence-electron chi connectivity index (χ4n) is 1.60. The first kappa shape index (κ1) is 13.5. The molecule has 1 rings (SSSR count). The first-order chi connectivity index (χ1) is 8.07. The zero-order chi connectivity index (χ0) is 12.8. The quantitative estimate of drug-likeness (QED) is 0.708. The number of aryl methyl sites for hydroxylation is 2. The average Bonchev–Trinajstić information content (AvgIpc) is 2.53. The Labute approximate surface area is 101 Å². The molecule has 0 radical (unpaired) electrons. The number of rotatable bonds is 6.